The molecule has 1 fully saturated rings. The minimum Gasteiger partial charge on any atom is -0.348 e. The van der Waals surface area contributed by atoms with Gasteiger partial charge in [0.15, 0.2) is 5.79 Å². The van der Waals surface area contributed by atoms with Crippen molar-refractivity contribution in [1.29, 1.82) is 0 Å². The molecule has 0 spiro atoms. The van der Waals surface area contributed by atoms with Gasteiger partial charge in [-0.1, -0.05) is 17.7 Å². The van der Waals surface area contributed by atoms with Crippen LogP contribution >= 0.6 is 0 Å². The van der Waals surface area contributed by atoms with E-state index in [1.807, 2.05) is 38.1 Å². The molecule has 27 heavy (non-hydrogen) atoms. The molecule has 1 heterocycles. The monoisotopic (exact) mass is 398 g/mol. The lowest BCUT2D eigenvalue weighted by atomic mass is 10.0. The van der Waals surface area contributed by atoms with E-state index >= 15 is 0 Å². The van der Waals surface area contributed by atoms with E-state index < -0.39 is 16.8 Å². The SMILES string of the molecule is CON(C)C(=O)C[C@@H](CCCC1(C)OCCO1)N[S@](=O)c1ccc(C)cc1. The molecule has 1 aliphatic rings. The standard InChI is InChI=1S/C19H30N2O5S/c1-15-7-9-17(10-8-15)27(23)20-16(14-18(22)21(3)24-4)6-5-11-19(2)25-12-13-26-19/h7-10,16,20H,5-6,11-14H2,1-4H3/t16-,27-/m1/s1. The highest BCUT2D eigenvalue weighted by molar-refractivity contribution is 7.83. The van der Waals surface area contributed by atoms with Crippen molar-refractivity contribution in [2.75, 3.05) is 27.4 Å². The molecule has 0 bridgehead atoms. The van der Waals surface area contributed by atoms with Gasteiger partial charge in [0.05, 0.1) is 25.2 Å². The summed E-state index contributed by atoms with van der Waals surface area (Å²) in [5.74, 6) is -0.732. The molecule has 1 aliphatic heterocycles. The number of ether oxygens (including phenoxy) is 2. The summed E-state index contributed by atoms with van der Waals surface area (Å²) in [5, 5.41) is 1.19. The van der Waals surface area contributed by atoms with Crippen molar-refractivity contribution in [3.63, 3.8) is 0 Å². The Bertz CT molecular complexity index is 631. The molecule has 7 nitrogen and oxygen atoms in total. The minimum absolute atomic E-state index is 0.171. The fourth-order valence-corrected chi connectivity index (χ4v) is 3.92. The lowest BCUT2D eigenvalue weighted by Crippen LogP contribution is -2.37. The van der Waals surface area contributed by atoms with E-state index in [2.05, 4.69) is 4.72 Å². The zero-order chi connectivity index (χ0) is 19.9. The molecule has 2 rings (SSSR count). The normalized spacial score (nSPS) is 18.2. The Morgan fingerprint density at radius 3 is 2.56 bits per heavy atom. The van der Waals surface area contributed by atoms with Gasteiger partial charge in [0, 0.05) is 25.9 Å². The average Bonchev–Trinajstić information content (AvgIpc) is 3.07. The number of rotatable bonds is 10. The number of benzene rings is 1. The van der Waals surface area contributed by atoms with Crippen molar-refractivity contribution < 1.29 is 23.3 Å². The van der Waals surface area contributed by atoms with Crippen LogP contribution in [0.4, 0.5) is 0 Å². The summed E-state index contributed by atoms with van der Waals surface area (Å²) in [7, 11) is 1.62. The van der Waals surface area contributed by atoms with Crippen LogP contribution < -0.4 is 4.72 Å². The number of hydrogen-bond donors (Lipinski definition) is 1. The molecule has 1 aromatic carbocycles. The summed E-state index contributed by atoms with van der Waals surface area (Å²) in [6.07, 6.45) is 2.36. The van der Waals surface area contributed by atoms with E-state index in [1.165, 1.54) is 12.2 Å². The van der Waals surface area contributed by atoms with Gasteiger partial charge in [-0.2, -0.15) is 0 Å². The molecular formula is C19H30N2O5S. The van der Waals surface area contributed by atoms with Crippen LogP contribution in [0.5, 0.6) is 0 Å². The summed E-state index contributed by atoms with van der Waals surface area (Å²) in [5.41, 5.74) is 1.11. The van der Waals surface area contributed by atoms with Gasteiger partial charge < -0.3 is 9.47 Å². The topological polar surface area (TPSA) is 77.1 Å². The molecule has 1 amide bonds. The van der Waals surface area contributed by atoms with Crippen LogP contribution in [0.25, 0.3) is 0 Å². The van der Waals surface area contributed by atoms with Gasteiger partial charge in [-0.15, -0.1) is 0 Å². The Kier molecular flexibility index (Phi) is 8.37. The van der Waals surface area contributed by atoms with Gasteiger partial charge in [0.25, 0.3) is 0 Å². The first kappa shape index (κ1) is 22.0. The minimum atomic E-state index is -1.39. The predicted octanol–water partition coefficient (Wildman–Crippen LogP) is 2.32. The van der Waals surface area contributed by atoms with E-state index in [-0.39, 0.29) is 18.4 Å². The number of hydroxylamine groups is 2. The average molecular weight is 399 g/mol. The van der Waals surface area contributed by atoms with Crippen LogP contribution in [0.3, 0.4) is 0 Å². The summed E-state index contributed by atoms with van der Waals surface area (Å²) in [6.45, 7) is 5.12. The second-order valence-electron chi connectivity index (χ2n) is 6.90. The van der Waals surface area contributed by atoms with Crippen molar-refractivity contribution in [2.24, 2.45) is 0 Å². The number of nitrogens with zero attached hydrogens (tertiary/aromatic N) is 1. The van der Waals surface area contributed by atoms with Crippen molar-refractivity contribution in [1.82, 2.24) is 9.79 Å². The maximum absolute atomic E-state index is 12.7. The number of carbonyl (C=O) groups excluding carboxylic acids is 1. The number of nitrogens with one attached hydrogen (secondary N) is 1. The third kappa shape index (κ3) is 6.97. The lowest BCUT2D eigenvalue weighted by molar-refractivity contribution is -0.169. The highest BCUT2D eigenvalue weighted by atomic mass is 32.2. The van der Waals surface area contributed by atoms with Gasteiger partial charge in [-0.25, -0.2) is 14.0 Å². The molecule has 0 unspecified atom stereocenters. The van der Waals surface area contributed by atoms with Crippen molar-refractivity contribution in [3.05, 3.63) is 29.8 Å². The fourth-order valence-electron chi connectivity index (χ4n) is 2.90. The second kappa shape index (κ2) is 10.3. The second-order valence-corrected chi connectivity index (χ2v) is 8.14. The Balaban J connectivity index is 1.96. The number of amides is 1. The quantitative estimate of drug-likeness (QED) is 0.612. The van der Waals surface area contributed by atoms with Crippen molar-refractivity contribution in [3.8, 4) is 0 Å². The molecule has 1 aromatic rings. The maximum atomic E-state index is 12.7. The summed E-state index contributed by atoms with van der Waals surface area (Å²) in [4.78, 5) is 17.9. The Labute approximate surface area is 163 Å². The third-order valence-corrected chi connectivity index (χ3v) is 5.88. The zero-order valence-electron chi connectivity index (χ0n) is 16.5. The molecule has 1 saturated heterocycles. The van der Waals surface area contributed by atoms with E-state index in [0.29, 0.717) is 24.5 Å². The number of hydrogen-bond acceptors (Lipinski definition) is 5. The number of aryl methyl sites for hydroxylation is 1. The molecule has 0 aromatic heterocycles. The first-order valence-corrected chi connectivity index (χ1v) is 10.3. The largest absolute Gasteiger partial charge is 0.348 e. The van der Waals surface area contributed by atoms with Gasteiger partial charge in [0.2, 0.25) is 5.91 Å². The van der Waals surface area contributed by atoms with Gasteiger partial charge in [0.1, 0.15) is 11.0 Å². The highest BCUT2D eigenvalue weighted by Crippen LogP contribution is 2.25. The molecule has 0 saturated carbocycles. The van der Waals surface area contributed by atoms with Crippen LogP contribution in [-0.2, 0) is 30.1 Å². The van der Waals surface area contributed by atoms with E-state index in [4.69, 9.17) is 14.3 Å². The maximum Gasteiger partial charge on any atom is 0.247 e. The Morgan fingerprint density at radius 1 is 1.33 bits per heavy atom. The van der Waals surface area contributed by atoms with Gasteiger partial charge in [-0.3, -0.25) is 9.63 Å². The summed E-state index contributed by atoms with van der Waals surface area (Å²) < 4.78 is 27.0. The zero-order valence-corrected chi connectivity index (χ0v) is 17.3. The Hall–Kier alpha value is -1.32. The van der Waals surface area contributed by atoms with Crippen LogP contribution in [0.2, 0.25) is 0 Å². The Morgan fingerprint density at radius 2 is 1.96 bits per heavy atom. The lowest BCUT2D eigenvalue weighted by Gasteiger charge is -2.24. The van der Waals surface area contributed by atoms with Gasteiger partial charge in [-0.05, 0) is 38.8 Å². The van der Waals surface area contributed by atoms with Gasteiger partial charge >= 0.3 is 0 Å². The van der Waals surface area contributed by atoms with E-state index in [0.717, 1.165) is 18.4 Å². The smallest absolute Gasteiger partial charge is 0.247 e. The van der Waals surface area contributed by atoms with E-state index in [1.54, 1.807) is 7.05 Å². The van der Waals surface area contributed by atoms with Crippen LogP contribution in [0, 0.1) is 6.92 Å². The fraction of sp³-hybridized carbons (Fsp3) is 0.632. The molecular weight excluding hydrogens is 368 g/mol. The predicted molar refractivity (Wildman–Crippen MR) is 103 cm³/mol. The molecule has 0 radical (unpaired) electrons. The number of carbonyl (C=O) groups is 1. The highest BCUT2D eigenvalue weighted by Gasteiger charge is 2.30. The summed E-state index contributed by atoms with van der Waals surface area (Å²) >= 11 is 0. The first-order chi connectivity index (χ1) is 12.8. The van der Waals surface area contributed by atoms with E-state index in [9.17, 15) is 9.00 Å². The van der Waals surface area contributed by atoms with Crippen LogP contribution in [0.15, 0.2) is 29.2 Å². The van der Waals surface area contributed by atoms with Crippen LogP contribution in [-0.4, -0.2) is 54.4 Å². The molecule has 8 heteroatoms. The van der Waals surface area contributed by atoms with Crippen molar-refractivity contribution in [2.45, 2.75) is 56.3 Å². The van der Waals surface area contributed by atoms with Crippen molar-refractivity contribution >= 4 is 16.9 Å². The molecule has 0 aliphatic carbocycles. The first-order valence-electron chi connectivity index (χ1n) is 9.16. The molecule has 2 atom stereocenters. The van der Waals surface area contributed by atoms with Crippen LogP contribution in [0.1, 0.15) is 38.2 Å². The summed E-state index contributed by atoms with van der Waals surface area (Å²) in [6, 6.07) is 7.26. The third-order valence-electron chi connectivity index (χ3n) is 4.64. The molecule has 1 N–H and O–H groups in total. The molecule has 152 valence electrons.